The molecule has 0 aliphatic heterocycles. The van der Waals surface area contributed by atoms with Crippen molar-refractivity contribution in [2.24, 2.45) is 0 Å². The van der Waals surface area contributed by atoms with E-state index < -0.39 is 0 Å². The molecule has 1 saturated carbocycles. The Hall–Kier alpha value is -0.530. The van der Waals surface area contributed by atoms with Crippen molar-refractivity contribution in [3.63, 3.8) is 0 Å². The average Bonchev–Trinajstić information content (AvgIpc) is 2.12. The SMILES string of the molecule is ClC1CC(OCc2ccccc2)C1. The van der Waals surface area contributed by atoms with Crippen LogP contribution in [0.2, 0.25) is 0 Å². The first kappa shape index (κ1) is 9.04. The predicted molar refractivity (Wildman–Crippen MR) is 53.9 cm³/mol. The van der Waals surface area contributed by atoms with Crippen LogP contribution in [0, 0.1) is 0 Å². The van der Waals surface area contributed by atoms with Gasteiger partial charge in [0.05, 0.1) is 12.7 Å². The summed E-state index contributed by atoms with van der Waals surface area (Å²) in [6, 6.07) is 10.2. The van der Waals surface area contributed by atoms with E-state index in [2.05, 4.69) is 12.1 Å². The molecule has 2 rings (SSSR count). The maximum absolute atomic E-state index is 5.85. The Labute approximate surface area is 83.7 Å². The highest BCUT2D eigenvalue weighted by Crippen LogP contribution is 2.28. The summed E-state index contributed by atoms with van der Waals surface area (Å²) in [5.41, 5.74) is 1.24. The van der Waals surface area contributed by atoms with Gasteiger partial charge in [0.25, 0.3) is 0 Å². The quantitative estimate of drug-likeness (QED) is 0.676. The Morgan fingerprint density at radius 1 is 1.23 bits per heavy atom. The maximum Gasteiger partial charge on any atom is 0.0720 e. The summed E-state index contributed by atoms with van der Waals surface area (Å²) in [6.07, 6.45) is 2.41. The summed E-state index contributed by atoms with van der Waals surface area (Å²) in [5, 5.41) is 0.348. The van der Waals surface area contributed by atoms with Gasteiger partial charge in [-0.05, 0) is 18.4 Å². The van der Waals surface area contributed by atoms with E-state index in [1.807, 2.05) is 18.2 Å². The minimum Gasteiger partial charge on any atom is -0.373 e. The highest BCUT2D eigenvalue weighted by Gasteiger charge is 2.27. The number of alkyl halides is 1. The van der Waals surface area contributed by atoms with Gasteiger partial charge in [0, 0.05) is 5.38 Å². The number of benzene rings is 1. The molecule has 2 heteroatoms. The monoisotopic (exact) mass is 196 g/mol. The largest absolute Gasteiger partial charge is 0.373 e. The van der Waals surface area contributed by atoms with Crippen LogP contribution in [0.15, 0.2) is 30.3 Å². The lowest BCUT2D eigenvalue weighted by atomic mass is 9.95. The zero-order valence-corrected chi connectivity index (χ0v) is 8.20. The molecular formula is C11H13ClO. The van der Waals surface area contributed by atoms with Crippen LogP contribution in [-0.4, -0.2) is 11.5 Å². The smallest absolute Gasteiger partial charge is 0.0720 e. The van der Waals surface area contributed by atoms with Crippen LogP contribution < -0.4 is 0 Å². The first-order valence-corrected chi connectivity index (χ1v) is 5.08. The summed E-state index contributed by atoms with van der Waals surface area (Å²) in [6.45, 7) is 0.717. The fraction of sp³-hybridized carbons (Fsp3) is 0.455. The molecule has 0 bridgehead atoms. The minimum absolute atomic E-state index is 0.348. The van der Waals surface area contributed by atoms with E-state index in [-0.39, 0.29) is 0 Å². The Kier molecular flexibility index (Phi) is 2.87. The van der Waals surface area contributed by atoms with Gasteiger partial charge in [-0.25, -0.2) is 0 Å². The molecule has 1 aliphatic rings. The second-order valence-electron chi connectivity index (χ2n) is 3.49. The lowest BCUT2D eigenvalue weighted by Crippen LogP contribution is -2.31. The van der Waals surface area contributed by atoms with E-state index in [4.69, 9.17) is 16.3 Å². The molecule has 0 amide bonds. The zero-order chi connectivity index (χ0) is 9.10. The lowest BCUT2D eigenvalue weighted by molar-refractivity contribution is -0.00622. The normalized spacial score (nSPS) is 26.8. The summed E-state index contributed by atoms with van der Waals surface area (Å²) < 4.78 is 5.65. The minimum atomic E-state index is 0.348. The molecule has 0 saturated heterocycles. The predicted octanol–water partition coefficient (Wildman–Crippen LogP) is 2.97. The standard InChI is InChI=1S/C11H13ClO/c12-10-6-11(7-10)13-8-9-4-2-1-3-5-9/h1-5,10-11H,6-8H2. The van der Waals surface area contributed by atoms with Crippen LogP contribution in [0.1, 0.15) is 18.4 Å². The number of hydrogen-bond acceptors (Lipinski definition) is 1. The van der Waals surface area contributed by atoms with E-state index in [9.17, 15) is 0 Å². The molecule has 0 unspecified atom stereocenters. The van der Waals surface area contributed by atoms with Crippen molar-refractivity contribution in [2.45, 2.75) is 30.9 Å². The fourth-order valence-corrected chi connectivity index (χ4v) is 1.82. The van der Waals surface area contributed by atoms with E-state index >= 15 is 0 Å². The van der Waals surface area contributed by atoms with Gasteiger partial charge in [-0.1, -0.05) is 30.3 Å². The van der Waals surface area contributed by atoms with Crippen LogP contribution >= 0.6 is 11.6 Å². The van der Waals surface area contributed by atoms with Gasteiger partial charge in [-0.15, -0.1) is 11.6 Å². The molecule has 70 valence electrons. The number of hydrogen-bond donors (Lipinski definition) is 0. The van der Waals surface area contributed by atoms with Gasteiger partial charge in [-0.2, -0.15) is 0 Å². The topological polar surface area (TPSA) is 9.23 Å². The molecule has 0 radical (unpaired) electrons. The Morgan fingerprint density at radius 3 is 2.54 bits per heavy atom. The van der Waals surface area contributed by atoms with Gasteiger partial charge in [0.1, 0.15) is 0 Å². The summed E-state index contributed by atoms with van der Waals surface area (Å²) >= 11 is 5.85. The summed E-state index contributed by atoms with van der Waals surface area (Å²) in [5.74, 6) is 0. The van der Waals surface area contributed by atoms with Crippen LogP contribution in [0.3, 0.4) is 0 Å². The Balaban J connectivity index is 1.74. The zero-order valence-electron chi connectivity index (χ0n) is 7.45. The van der Waals surface area contributed by atoms with Crippen molar-refractivity contribution in [1.82, 2.24) is 0 Å². The van der Waals surface area contributed by atoms with E-state index in [0.29, 0.717) is 11.5 Å². The molecule has 0 aromatic heterocycles. The average molecular weight is 197 g/mol. The molecule has 1 aliphatic carbocycles. The molecule has 0 N–H and O–H groups in total. The van der Waals surface area contributed by atoms with Gasteiger partial charge >= 0.3 is 0 Å². The maximum atomic E-state index is 5.85. The van der Waals surface area contributed by atoms with Gasteiger partial charge in [0.15, 0.2) is 0 Å². The van der Waals surface area contributed by atoms with Crippen molar-refractivity contribution < 1.29 is 4.74 Å². The molecule has 1 aromatic carbocycles. The lowest BCUT2D eigenvalue weighted by Gasteiger charge is -2.30. The third-order valence-corrected chi connectivity index (χ3v) is 2.72. The van der Waals surface area contributed by atoms with Crippen molar-refractivity contribution in [2.75, 3.05) is 0 Å². The first-order chi connectivity index (χ1) is 6.34. The third kappa shape index (κ3) is 2.45. The highest BCUT2D eigenvalue weighted by molar-refractivity contribution is 6.21. The molecule has 1 fully saturated rings. The second-order valence-corrected chi connectivity index (χ2v) is 4.10. The van der Waals surface area contributed by atoms with E-state index in [0.717, 1.165) is 19.4 Å². The molecule has 0 spiro atoms. The van der Waals surface area contributed by atoms with E-state index in [1.54, 1.807) is 0 Å². The number of ether oxygens (including phenoxy) is 1. The van der Waals surface area contributed by atoms with Crippen LogP contribution in [-0.2, 0) is 11.3 Å². The van der Waals surface area contributed by atoms with Gasteiger partial charge in [0.2, 0.25) is 0 Å². The van der Waals surface area contributed by atoms with Gasteiger partial charge in [-0.3, -0.25) is 0 Å². The van der Waals surface area contributed by atoms with Crippen molar-refractivity contribution in [1.29, 1.82) is 0 Å². The van der Waals surface area contributed by atoms with Crippen LogP contribution in [0.5, 0.6) is 0 Å². The molecule has 13 heavy (non-hydrogen) atoms. The first-order valence-electron chi connectivity index (χ1n) is 4.64. The van der Waals surface area contributed by atoms with Crippen LogP contribution in [0.25, 0.3) is 0 Å². The molecule has 1 nitrogen and oxygen atoms in total. The van der Waals surface area contributed by atoms with Gasteiger partial charge < -0.3 is 4.74 Å². The third-order valence-electron chi connectivity index (χ3n) is 2.37. The van der Waals surface area contributed by atoms with Crippen molar-refractivity contribution >= 4 is 11.6 Å². The molecule has 0 atom stereocenters. The van der Waals surface area contributed by atoms with Crippen molar-refractivity contribution in [3.05, 3.63) is 35.9 Å². The Bertz CT molecular complexity index is 254. The van der Waals surface area contributed by atoms with E-state index in [1.165, 1.54) is 5.56 Å². The van der Waals surface area contributed by atoms with Crippen molar-refractivity contribution in [3.8, 4) is 0 Å². The Morgan fingerprint density at radius 2 is 1.92 bits per heavy atom. The summed E-state index contributed by atoms with van der Waals surface area (Å²) in [4.78, 5) is 0. The number of rotatable bonds is 3. The molecule has 0 heterocycles. The summed E-state index contributed by atoms with van der Waals surface area (Å²) in [7, 11) is 0. The highest BCUT2D eigenvalue weighted by atomic mass is 35.5. The molecule has 1 aromatic rings. The molecular weight excluding hydrogens is 184 g/mol. The number of halogens is 1. The second kappa shape index (κ2) is 4.12. The fourth-order valence-electron chi connectivity index (χ4n) is 1.43. The van der Waals surface area contributed by atoms with Crippen LogP contribution in [0.4, 0.5) is 0 Å².